The van der Waals surface area contributed by atoms with Crippen molar-refractivity contribution in [2.75, 3.05) is 12.3 Å². The molecule has 0 saturated carbocycles. The Labute approximate surface area is 230 Å². The molecule has 0 unspecified atom stereocenters. The lowest BCUT2D eigenvalue weighted by Gasteiger charge is -2.33. The molecule has 11 nitrogen and oxygen atoms in total. The van der Waals surface area contributed by atoms with Crippen LogP contribution in [0.4, 0.5) is 23.4 Å². The van der Waals surface area contributed by atoms with E-state index in [9.17, 15) is 18.5 Å². The second-order valence-corrected chi connectivity index (χ2v) is 10.9. The molecule has 3 heterocycles. The van der Waals surface area contributed by atoms with E-state index in [1.807, 2.05) is 0 Å². The monoisotopic (exact) mass is 597 g/mol. The average molecular weight is 597 g/mol. The van der Waals surface area contributed by atoms with E-state index in [0.29, 0.717) is 0 Å². The largest absolute Gasteiger partial charge is 0.587 e. The third-order valence-electron chi connectivity index (χ3n) is 6.46. The second kappa shape index (κ2) is 10.6. The minimum absolute atomic E-state index is 0.0279. The minimum atomic E-state index is -4.91. The van der Waals surface area contributed by atoms with Crippen molar-refractivity contribution in [2.45, 2.75) is 44.1 Å². The summed E-state index contributed by atoms with van der Waals surface area (Å²) in [5.74, 6) is -4.84. The lowest BCUT2D eigenvalue weighted by molar-refractivity contribution is -0.242. The summed E-state index contributed by atoms with van der Waals surface area (Å²) in [6.45, 7) is 1.85. The fourth-order valence-electron chi connectivity index (χ4n) is 4.15. The standard InChI is InChI=1S/C25H24F4N5O6P/c1-14-3-7-16(8-4-14)39-41(36,40-17-9-5-15(2)6-10-17)37-11-24(23(26)27)25(28,29)19(35)22(38-24)34-13-33-18-20(30)31-12-32-21(18)34/h3-10,12-13,19,22-23,35H,11H2,1-2H3,(H2,30,31,32)/t19-,22+,24-/m0/s1. The van der Waals surface area contributed by atoms with Gasteiger partial charge in [0.2, 0.25) is 5.60 Å². The van der Waals surface area contributed by atoms with Gasteiger partial charge in [-0.2, -0.15) is 8.78 Å². The molecule has 2 aromatic carbocycles. The van der Waals surface area contributed by atoms with Crippen molar-refractivity contribution in [3.05, 3.63) is 72.3 Å². The second-order valence-electron chi connectivity index (χ2n) is 9.38. The van der Waals surface area contributed by atoms with Crippen LogP contribution in [0.15, 0.2) is 61.2 Å². The van der Waals surface area contributed by atoms with Crippen LogP contribution in [0, 0.1) is 13.8 Å². The quantitative estimate of drug-likeness (QED) is 0.203. The Morgan fingerprint density at radius 1 is 1.02 bits per heavy atom. The Hall–Kier alpha value is -3.78. The van der Waals surface area contributed by atoms with Gasteiger partial charge in [0.05, 0.1) is 6.33 Å². The SMILES string of the molecule is Cc1ccc(OP(=O)(OC[C@@]2(C(F)F)O[C@@H](n3cnc4c(N)ncnc43)[C@H](O)C2(F)F)Oc2ccc(C)cc2)cc1. The molecule has 16 heteroatoms. The first-order chi connectivity index (χ1) is 19.3. The van der Waals surface area contributed by atoms with E-state index in [1.54, 1.807) is 38.1 Å². The summed E-state index contributed by atoms with van der Waals surface area (Å²) in [6.07, 6.45) is -6.95. The molecule has 1 aliphatic rings. The zero-order valence-corrected chi connectivity index (χ0v) is 22.4. The molecule has 5 rings (SSSR count). The van der Waals surface area contributed by atoms with Gasteiger partial charge < -0.3 is 24.6 Å². The molecule has 0 spiro atoms. The average Bonchev–Trinajstić information content (AvgIpc) is 3.44. The van der Waals surface area contributed by atoms with Crippen LogP contribution < -0.4 is 14.8 Å². The molecule has 1 saturated heterocycles. The van der Waals surface area contributed by atoms with E-state index < -0.39 is 44.7 Å². The predicted molar refractivity (Wildman–Crippen MR) is 137 cm³/mol. The lowest BCUT2D eigenvalue weighted by Crippen LogP contribution is -2.57. The Balaban J connectivity index is 1.48. The van der Waals surface area contributed by atoms with Crippen LogP contribution in [0.3, 0.4) is 0 Å². The van der Waals surface area contributed by atoms with Crippen LogP contribution in [0.1, 0.15) is 17.4 Å². The highest BCUT2D eigenvalue weighted by Gasteiger charge is 2.74. The number of rotatable bonds is 9. The molecule has 1 fully saturated rings. The maximum Gasteiger partial charge on any atom is 0.587 e. The molecule has 0 amide bonds. The number of aromatic nitrogens is 4. The summed E-state index contributed by atoms with van der Waals surface area (Å²) < 4.78 is 95.8. The number of imidazole rings is 1. The van der Waals surface area contributed by atoms with Crippen LogP contribution in [0.25, 0.3) is 11.2 Å². The predicted octanol–water partition coefficient (Wildman–Crippen LogP) is 4.84. The van der Waals surface area contributed by atoms with Gasteiger partial charge >= 0.3 is 13.7 Å². The molecule has 0 bridgehead atoms. The number of nitrogens with zero attached hydrogens (tertiary/aromatic N) is 4. The number of hydrogen-bond acceptors (Lipinski definition) is 10. The highest BCUT2D eigenvalue weighted by Crippen LogP contribution is 2.56. The van der Waals surface area contributed by atoms with E-state index >= 15 is 8.78 Å². The van der Waals surface area contributed by atoms with Gasteiger partial charge in [-0.15, -0.1) is 0 Å². The molecule has 41 heavy (non-hydrogen) atoms. The number of hydrogen-bond donors (Lipinski definition) is 2. The number of aliphatic hydroxyl groups excluding tert-OH is 1. The molecule has 0 radical (unpaired) electrons. The summed E-state index contributed by atoms with van der Waals surface area (Å²) >= 11 is 0. The minimum Gasteiger partial charge on any atom is -0.395 e. The zero-order chi connectivity index (χ0) is 29.6. The van der Waals surface area contributed by atoms with Crippen molar-refractivity contribution in [3.8, 4) is 11.5 Å². The molecule has 218 valence electrons. The number of alkyl halides is 4. The normalized spacial score (nSPS) is 22.3. The van der Waals surface area contributed by atoms with Crippen molar-refractivity contribution >= 4 is 24.8 Å². The number of phosphoric ester groups is 1. The number of halogens is 4. The fraction of sp³-hybridized carbons (Fsp3) is 0.320. The van der Waals surface area contributed by atoms with Crippen molar-refractivity contribution in [1.82, 2.24) is 19.5 Å². The lowest BCUT2D eigenvalue weighted by atomic mass is 9.95. The smallest absolute Gasteiger partial charge is 0.395 e. The van der Waals surface area contributed by atoms with Gasteiger partial charge in [-0.25, -0.2) is 28.3 Å². The van der Waals surface area contributed by atoms with E-state index in [-0.39, 0.29) is 28.5 Å². The van der Waals surface area contributed by atoms with E-state index in [0.717, 1.165) is 28.3 Å². The maximum atomic E-state index is 15.5. The Bertz CT molecular complexity index is 1540. The topological polar surface area (TPSA) is 144 Å². The van der Waals surface area contributed by atoms with E-state index in [4.69, 9.17) is 24.0 Å². The molecule has 0 aliphatic carbocycles. The molecule has 1 aliphatic heterocycles. The van der Waals surface area contributed by atoms with Crippen LogP contribution in [-0.2, 0) is 13.8 Å². The third-order valence-corrected chi connectivity index (χ3v) is 7.78. The number of phosphoric acid groups is 1. The van der Waals surface area contributed by atoms with Gasteiger partial charge in [-0.1, -0.05) is 35.4 Å². The van der Waals surface area contributed by atoms with E-state index in [1.165, 1.54) is 24.3 Å². The van der Waals surface area contributed by atoms with E-state index in [2.05, 4.69) is 15.0 Å². The number of benzene rings is 2. The van der Waals surface area contributed by atoms with Crippen LogP contribution in [0.5, 0.6) is 11.5 Å². The van der Waals surface area contributed by atoms with Crippen molar-refractivity contribution < 1.29 is 45.5 Å². The van der Waals surface area contributed by atoms with Crippen LogP contribution >= 0.6 is 7.82 Å². The molecular formula is C25H24F4N5O6P. The van der Waals surface area contributed by atoms with Gasteiger partial charge in [0, 0.05) is 0 Å². The Kier molecular flexibility index (Phi) is 7.40. The first-order valence-electron chi connectivity index (χ1n) is 12.1. The van der Waals surface area contributed by atoms with Gasteiger partial charge in [-0.3, -0.25) is 9.09 Å². The number of anilines is 1. The molecule has 2 aromatic heterocycles. The number of aryl methyl sites for hydroxylation is 2. The number of ether oxygens (including phenoxy) is 1. The summed E-state index contributed by atoms with van der Waals surface area (Å²) in [7, 11) is -4.91. The first kappa shape index (κ1) is 28.7. The van der Waals surface area contributed by atoms with Crippen molar-refractivity contribution in [1.29, 1.82) is 0 Å². The molecule has 3 atom stereocenters. The molecule has 3 N–H and O–H groups in total. The van der Waals surface area contributed by atoms with Crippen molar-refractivity contribution in [3.63, 3.8) is 0 Å². The number of fused-ring (bicyclic) bond motifs is 1. The third kappa shape index (κ3) is 5.21. The van der Waals surface area contributed by atoms with Gasteiger partial charge in [-0.05, 0) is 38.1 Å². The van der Waals surface area contributed by atoms with Gasteiger partial charge in [0.15, 0.2) is 23.8 Å². The summed E-state index contributed by atoms with van der Waals surface area (Å²) in [4.78, 5) is 11.5. The Morgan fingerprint density at radius 3 is 2.12 bits per heavy atom. The molecule has 4 aromatic rings. The fourth-order valence-corrected chi connectivity index (χ4v) is 5.40. The summed E-state index contributed by atoms with van der Waals surface area (Å²) in [5.41, 5.74) is 3.38. The van der Waals surface area contributed by atoms with Gasteiger partial charge in [0.1, 0.15) is 29.9 Å². The van der Waals surface area contributed by atoms with Crippen molar-refractivity contribution in [2.24, 2.45) is 0 Å². The first-order valence-corrected chi connectivity index (χ1v) is 13.5. The molecular weight excluding hydrogens is 573 g/mol. The zero-order valence-electron chi connectivity index (χ0n) is 21.5. The van der Waals surface area contributed by atoms with Gasteiger partial charge in [0.25, 0.3) is 6.43 Å². The van der Waals surface area contributed by atoms with Crippen LogP contribution in [-0.4, -0.2) is 55.3 Å². The highest BCUT2D eigenvalue weighted by molar-refractivity contribution is 7.49. The maximum absolute atomic E-state index is 15.5. The van der Waals surface area contributed by atoms with Crippen LogP contribution in [0.2, 0.25) is 0 Å². The Morgan fingerprint density at radius 2 is 1.59 bits per heavy atom. The number of aliphatic hydroxyl groups is 1. The summed E-state index contributed by atoms with van der Waals surface area (Å²) in [6, 6.07) is 12.0. The number of nitrogen functional groups attached to an aromatic ring is 1. The number of nitrogens with two attached hydrogens (primary N) is 1. The summed E-state index contributed by atoms with van der Waals surface area (Å²) in [5, 5.41) is 10.5. The highest BCUT2D eigenvalue weighted by atomic mass is 31.2.